The number of carbonyl (C=O) groups excluding carboxylic acids is 1. The first-order chi connectivity index (χ1) is 11.2. The van der Waals surface area contributed by atoms with Crippen LogP contribution < -0.4 is 5.32 Å². The average Bonchev–Trinajstić information content (AvgIpc) is 2.55. The van der Waals surface area contributed by atoms with Crippen molar-refractivity contribution in [3.63, 3.8) is 0 Å². The molecule has 1 aromatic carbocycles. The topological polar surface area (TPSA) is 55.8 Å². The Balaban J connectivity index is 1.43. The number of piperidine rings is 1. The van der Waals surface area contributed by atoms with Crippen molar-refractivity contribution < 1.29 is 9.90 Å². The van der Waals surface area contributed by atoms with E-state index in [0.29, 0.717) is 19.1 Å². The van der Waals surface area contributed by atoms with Crippen molar-refractivity contribution in [2.45, 2.75) is 31.8 Å². The molecule has 1 aromatic rings. The highest BCUT2D eigenvalue weighted by molar-refractivity contribution is 5.75. The van der Waals surface area contributed by atoms with E-state index >= 15 is 0 Å². The summed E-state index contributed by atoms with van der Waals surface area (Å²) in [5, 5.41) is 12.2. The summed E-state index contributed by atoms with van der Waals surface area (Å²) in [5.41, 5.74) is 1.35. The lowest BCUT2D eigenvalue weighted by Gasteiger charge is -2.41. The van der Waals surface area contributed by atoms with Crippen molar-refractivity contribution in [3.05, 3.63) is 35.9 Å². The fourth-order valence-electron chi connectivity index (χ4n) is 3.49. The molecule has 0 aromatic heterocycles. The van der Waals surface area contributed by atoms with Crippen LogP contribution in [0.4, 0.5) is 4.79 Å². The maximum atomic E-state index is 12.1. The standard InChI is InChI=1S/C18H27N3O2/c1-14(16-5-3-2-4-6-16)20-9-7-17(8-10-20)19-18(23)21-11-15(12-21)13-22/h2-6,14-15,17,22H,7-13H2,1H3,(H,19,23). The Kier molecular flexibility index (Phi) is 5.18. The molecule has 5 heteroatoms. The van der Waals surface area contributed by atoms with Gasteiger partial charge in [-0.15, -0.1) is 0 Å². The van der Waals surface area contributed by atoms with Crippen LogP contribution >= 0.6 is 0 Å². The van der Waals surface area contributed by atoms with E-state index in [0.717, 1.165) is 25.9 Å². The smallest absolute Gasteiger partial charge is 0.317 e. The minimum Gasteiger partial charge on any atom is -0.396 e. The van der Waals surface area contributed by atoms with Gasteiger partial charge in [0, 0.05) is 50.8 Å². The Hall–Kier alpha value is -1.59. The van der Waals surface area contributed by atoms with E-state index in [1.807, 2.05) is 0 Å². The van der Waals surface area contributed by atoms with Gasteiger partial charge in [-0.1, -0.05) is 30.3 Å². The summed E-state index contributed by atoms with van der Waals surface area (Å²) in [6.45, 7) is 5.84. The second kappa shape index (κ2) is 7.32. The predicted octanol–water partition coefficient (Wildman–Crippen LogP) is 1.85. The molecular weight excluding hydrogens is 290 g/mol. The predicted molar refractivity (Wildman–Crippen MR) is 90.1 cm³/mol. The SMILES string of the molecule is CC(c1ccccc1)N1CCC(NC(=O)N2CC(CO)C2)CC1. The Labute approximate surface area is 138 Å². The van der Waals surface area contributed by atoms with Crippen LogP contribution in [0.15, 0.2) is 30.3 Å². The molecule has 23 heavy (non-hydrogen) atoms. The Morgan fingerprint density at radius 1 is 1.26 bits per heavy atom. The second-order valence-corrected chi connectivity index (χ2v) is 6.80. The summed E-state index contributed by atoms with van der Waals surface area (Å²) in [7, 11) is 0. The third-order valence-corrected chi connectivity index (χ3v) is 5.19. The van der Waals surface area contributed by atoms with Gasteiger partial charge in [0.05, 0.1) is 0 Å². The van der Waals surface area contributed by atoms with Crippen LogP contribution in [0.5, 0.6) is 0 Å². The zero-order chi connectivity index (χ0) is 16.2. The van der Waals surface area contributed by atoms with Gasteiger partial charge in [0.2, 0.25) is 0 Å². The summed E-state index contributed by atoms with van der Waals surface area (Å²) < 4.78 is 0. The monoisotopic (exact) mass is 317 g/mol. The molecule has 0 bridgehead atoms. The highest BCUT2D eigenvalue weighted by atomic mass is 16.3. The van der Waals surface area contributed by atoms with Crippen LogP contribution in [0.25, 0.3) is 0 Å². The second-order valence-electron chi connectivity index (χ2n) is 6.80. The van der Waals surface area contributed by atoms with E-state index in [2.05, 4.69) is 47.5 Å². The molecule has 2 saturated heterocycles. The van der Waals surface area contributed by atoms with E-state index in [1.54, 1.807) is 4.90 Å². The molecule has 2 fully saturated rings. The fourth-order valence-corrected chi connectivity index (χ4v) is 3.49. The third-order valence-electron chi connectivity index (χ3n) is 5.19. The summed E-state index contributed by atoms with van der Waals surface area (Å²) in [5.74, 6) is 0.273. The van der Waals surface area contributed by atoms with Gasteiger partial charge in [-0.05, 0) is 25.3 Å². The van der Waals surface area contributed by atoms with E-state index in [-0.39, 0.29) is 24.6 Å². The number of carbonyl (C=O) groups is 1. The van der Waals surface area contributed by atoms with Gasteiger partial charge in [0.15, 0.2) is 0 Å². The van der Waals surface area contributed by atoms with Crippen LogP contribution in [0.3, 0.4) is 0 Å². The van der Waals surface area contributed by atoms with Crippen molar-refractivity contribution in [2.75, 3.05) is 32.8 Å². The molecule has 0 radical (unpaired) electrons. The van der Waals surface area contributed by atoms with E-state index < -0.39 is 0 Å². The molecule has 2 amide bonds. The number of rotatable bonds is 4. The first-order valence-electron chi connectivity index (χ1n) is 8.62. The molecule has 2 aliphatic rings. The number of likely N-dealkylation sites (tertiary alicyclic amines) is 2. The third kappa shape index (κ3) is 3.85. The molecule has 5 nitrogen and oxygen atoms in total. The summed E-state index contributed by atoms with van der Waals surface area (Å²) >= 11 is 0. The van der Waals surface area contributed by atoms with Crippen molar-refractivity contribution in [2.24, 2.45) is 5.92 Å². The van der Waals surface area contributed by atoms with Crippen molar-refractivity contribution in [1.29, 1.82) is 0 Å². The van der Waals surface area contributed by atoms with Gasteiger partial charge >= 0.3 is 6.03 Å². The molecule has 1 atom stereocenters. The molecule has 0 saturated carbocycles. The molecule has 2 aliphatic heterocycles. The lowest BCUT2D eigenvalue weighted by Crippen LogP contribution is -2.57. The number of aliphatic hydroxyl groups is 1. The zero-order valence-corrected chi connectivity index (χ0v) is 13.8. The van der Waals surface area contributed by atoms with Crippen molar-refractivity contribution in [1.82, 2.24) is 15.1 Å². The number of nitrogens with one attached hydrogen (secondary N) is 1. The molecule has 0 aliphatic carbocycles. The Morgan fingerprint density at radius 2 is 1.91 bits per heavy atom. The van der Waals surface area contributed by atoms with E-state index in [9.17, 15) is 4.79 Å². The minimum absolute atomic E-state index is 0.0317. The van der Waals surface area contributed by atoms with Gasteiger partial charge < -0.3 is 15.3 Å². The van der Waals surface area contributed by atoms with Crippen LogP contribution in [-0.4, -0.2) is 59.8 Å². The fraction of sp³-hybridized carbons (Fsp3) is 0.611. The summed E-state index contributed by atoms with van der Waals surface area (Å²) in [6, 6.07) is 11.3. The number of urea groups is 1. The number of hydrogen-bond acceptors (Lipinski definition) is 3. The Bertz CT molecular complexity index is 508. The number of nitrogens with zero attached hydrogens (tertiary/aromatic N) is 2. The molecule has 2 N–H and O–H groups in total. The lowest BCUT2D eigenvalue weighted by molar-refractivity contribution is 0.0733. The van der Waals surface area contributed by atoms with E-state index in [4.69, 9.17) is 5.11 Å². The van der Waals surface area contributed by atoms with Crippen LogP contribution in [0.1, 0.15) is 31.4 Å². The average molecular weight is 317 g/mol. The lowest BCUT2D eigenvalue weighted by atomic mass is 9.99. The quantitative estimate of drug-likeness (QED) is 0.891. The summed E-state index contributed by atoms with van der Waals surface area (Å²) in [4.78, 5) is 16.4. The molecule has 1 unspecified atom stereocenters. The van der Waals surface area contributed by atoms with Gasteiger partial charge in [-0.25, -0.2) is 4.79 Å². The molecule has 126 valence electrons. The summed E-state index contributed by atoms with van der Waals surface area (Å²) in [6.07, 6.45) is 2.00. The molecule has 2 heterocycles. The number of hydrogen-bond donors (Lipinski definition) is 2. The first kappa shape index (κ1) is 16.3. The van der Waals surface area contributed by atoms with Crippen LogP contribution in [0, 0.1) is 5.92 Å². The maximum Gasteiger partial charge on any atom is 0.317 e. The molecule has 3 rings (SSSR count). The first-order valence-corrected chi connectivity index (χ1v) is 8.62. The zero-order valence-electron chi connectivity index (χ0n) is 13.8. The molecular formula is C18H27N3O2. The van der Waals surface area contributed by atoms with Gasteiger partial charge in [-0.2, -0.15) is 0 Å². The normalized spacial score (nSPS) is 21.7. The highest BCUT2D eigenvalue weighted by Crippen LogP contribution is 2.24. The number of aliphatic hydroxyl groups excluding tert-OH is 1. The highest BCUT2D eigenvalue weighted by Gasteiger charge is 2.32. The van der Waals surface area contributed by atoms with Gasteiger partial charge in [-0.3, -0.25) is 4.90 Å². The van der Waals surface area contributed by atoms with Crippen LogP contribution in [0.2, 0.25) is 0 Å². The number of amides is 2. The molecule has 0 spiro atoms. The Morgan fingerprint density at radius 3 is 2.52 bits per heavy atom. The van der Waals surface area contributed by atoms with Gasteiger partial charge in [0.25, 0.3) is 0 Å². The number of benzene rings is 1. The van der Waals surface area contributed by atoms with E-state index in [1.165, 1.54) is 5.56 Å². The van der Waals surface area contributed by atoms with Crippen molar-refractivity contribution >= 4 is 6.03 Å². The van der Waals surface area contributed by atoms with Crippen LogP contribution in [-0.2, 0) is 0 Å². The maximum absolute atomic E-state index is 12.1. The minimum atomic E-state index is 0.0317. The largest absolute Gasteiger partial charge is 0.396 e. The van der Waals surface area contributed by atoms with Gasteiger partial charge in [0.1, 0.15) is 0 Å². The van der Waals surface area contributed by atoms with Crippen molar-refractivity contribution in [3.8, 4) is 0 Å².